The Morgan fingerprint density at radius 1 is 0.893 bits per heavy atom. The molecule has 11 heteroatoms. The van der Waals surface area contributed by atoms with Crippen molar-refractivity contribution in [3.63, 3.8) is 0 Å². The number of benzene rings is 1. The third kappa shape index (κ3) is 4.96. The van der Waals surface area contributed by atoms with Gasteiger partial charge in [-0.2, -0.15) is 0 Å². The third-order valence-corrected chi connectivity index (χ3v) is 5.02. The molecule has 3 rings (SSSR count). The number of aromatic nitrogens is 3. The standard InChI is InChI=1S/C17H16F2N6O2S/c18-13-4-1-5-14(19)17(13)28(26,27)22-10-9-21-15-6-7-16(25-24-15)23-12-3-2-8-20-11-12/h1-8,11,22H,9-10H2,(H,21,24)(H,23,25). The fourth-order valence-electron chi connectivity index (χ4n) is 2.27. The summed E-state index contributed by atoms with van der Waals surface area (Å²) in [4.78, 5) is 2.98. The molecule has 0 aliphatic carbocycles. The van der Waals surface area contributed by atoms with Crippen molar-refractivity contribution in [3.8, 4) is 0 Å². The van der Waals surface area contributed by atoms with Gasteiger partial charge in [-0.25, -0.2) is 21.9 Å². The number of sulfonamides is 1. The van der Waals surface area contributed by atoms with Gasteiger partial charge in [-0.1, -0.05) is 6.07 Å². The minimum atomic E-state index is -4.31. The van der Waals surface area contributed by atoms with Crippen LogP contribution in [0, 0.1) is 11.6 Å². The van der Waals surface area contributed by atoms with Crippen molar-refractivity contribution in [2.24, 2.45) is 0 Å². The number of halogens is 2. The molecule has 0 amide bonds. The second-order valence-corrected chi connectivity index (χ2v) is 7.25. The van der Waals surface area contributed by atoms with Crippen LogP contribution >= 0.6 is 0 Å². The largest absolute Gasteiger partial charge is 0.367 e. The maximum Gasteiger partial charge on any atom is 0.246 e. The first-order valence-corrected chi connectivity index (χ1v) is 9.62. The van der Waals surface area contributed by atoms with Crippen molar-refractivity contribution in [2.75, 3.05) is 23.7 Å². The number of hydrogen-bond donors (Lipinski definition) is 3. The van der Waals surface area contributed by atoms with E-state index in [0.29, 0.717) is 11.6 Å². The van der Waals surface area contributed by atoms with Gasteiger partial charge in [0.05, 0.1) is 11.9 Å². The molecule has 8 nitrogen and oxygen atoms in total. The Balaban J connectivity index is 1.51. The van der Waals surface area contributed by atoms with E-state index in [9.17, 15) is 17.2 Å². The van der Waals surface area contributed by atoms with E-state index in [1.54, 1.807) is 30.6 Å². The normalized spacial score (nSPS) is 11.2. The van der Waals surface area contributed by atoms with Crippen molar-refractivity contribution >= 4 is 27.3 Å². The van der Waals surface area contributed by atoms with Crippen LogP contribution in [-0.2, 0) is 10.0 Å². The van der Waals surface area contributed by atoms with Gasteiger partial charge in [0.1, 0.15) is 17.5 Å². The number of nitrogens with one attached hydrogen (secondary N) is 3. The second kappa shape index (κ2) is 8.67. The summed E-state index contributed by atoms with van der Waals surface area (Å²) >= 11 is 0. The zero-order valence-electron chi connectivity index (χ0n) is 14.4. The number of rotatable bonds is 8. The van der Waals surface area contributed by atoms with Gasteiger partial charge in [0.15, 0.2) is 10.7 Å². The molecule has 28 heavy (non-hydrogen) atoms. The highest BCUT2D eigenvalue weighted by Gasteiger charge is 2.23. The minimum Gasteiger partial charge on any atom is -0.367 e. The molecule has 146 valence electrons. The molecule has 0 spiro atoms. The van der Waals surface area contributed by atoms with Gasteiger partial charge >= 0.3 is 0 Å². The molecule has 0 bridgehead atoms. The fraction of sp³-hybridized carbons (Fsp3) is 0.118. The van der Waals surface area contributed by atoms with E-state index in [-0.39, 0.29) is 13.1 Å². The molecule has 0 radical (unpaired) electrons. The molecule has 0 saturated carbocycles. The van der Waals surface area contributed by atoms with Crippen molar-refractivity contribution < 1.29 is 17.2 Å². The molecule has 2 heterocycles. The third-order valence-electron chi connectivity index (χ3n) is 3.51. The van der Waals surface area contributed by atoms with Gasteiger partial charge in [-0.05, 0) is 36.4 Å². The van der Waals surface area contributed by atoms with Gasteiger partial charge in [-0.15, -0.1) is 10.2 Å². The maximum atomic E-state index is 13.6. The van der Waals surface area contributed by atoms with E-state index in [4.69, 9.17) is 0 Å². The molecular formula is C17H16F2N6O2S. The van der Waals surface area contributed by atoms with Gasteiger partial charge in [0.25, 0.3) is 0 Å². The van der Waals surface area contributed by atoms with E-state index >= 15 is 0 Å². The van der Waals surface area contributed by atoms with E-state index in [0.717, 1.165) is 23.9 Å². The van der Waals surface area contributed by atoms with E-state index in [1.165, 1.54) is 0 Å². The molecule has 0 aliphatic rings. The SMILES string of the molecule is O=S(=O)(NCCNc1ccc(Nc2cccnc2)nn1)c1c(F)cccc1F. The summed E-state index contributed by atoms with van der Waals surface area (Å²) in [5.74, 6) is -1.38. The first kappa shape index (κ1) is 19.6. The summed E-state index contributed by atoms with van der Waals surface area (Å²) in [6.45, 7) is 0.0346. The number of pyridine rings is 1. The van der Waals surface area contributed by atoms with Crippen LogP contribution in [0.25, 0.3) is 0 Å². The van der Waals surface area contributed by atoms with Crippen LogP contribution in [0.2, 0.25) is 0 Å². The summed E-state index contributed by atoms with van der Waals surface area (Å²) in [5.41, 5.74) is 0.757. The second-order valence-electron chi connectivity index (χ2n) is 5.55. The molecule has 2 aromatic heterocycles. The topological polar surface area (TPSA) is 109 Å². The van der Waals surface area contributed by atoms with Crippen molar-refractivity contribution in [1.82, 2.24) is 19.9 Å². The van der Waals surface area contributed by atoms with Gasteiger partial charge in [0, 0.05) is 19.3 Å². The summed E-state index contributed by atoms with van der Waals surface area (Å²) in [6, 6.07) is 9.79. The molecular weight excluding hydrogens is 390 g/mol. The Hall–Kier alpha value is -3.18. The zero-order chi connectivity index (χ0) is 20.0. The lowest BCUT2D eigenvalue weighted by molar-refractivity contribution is 0.514. The molecule has 0 aliphatic heterocycles. The predicted molar refractivity (Wildman–Crippen MR) is 99.6 cm³/mol. The lowest BCUT2D eigenvalue weighted by Crippen LogP contribution is -2.30. The van der Waals surface area contributed by atoms with E-state index in [2.05, 4.69) is 30.5 Å². The molecule has 0 atom stereocenters. The summed E-state index contributed by atoms with van der Waals surface area (Å²) < 4.78 is 53.4. The summed E-state index contributed by atoms with van der Waals surface area (Å²) in [5, 5.41) is 13.8. The van der Waals surface area contributed by atoms with Crippen LogP contribution in [-0.4, -0.2) is 36.7 Å². The fourth-order valence-corrected chi connectivity index (χ4v) is 3.43. The molecule has 3 N–H and O–H groups in total. The van der Waals surface area contributed by atoms with Crippen molar-refractivity contribution in [2.45, 2.75) is 4.90 Å². The highest BCUT2D eigenvalue weighted by Crippen LogP contribution is 2.17. The van der Waals surface area contributed by atoms with Crippen molar-refractivity contribution in [1.29, 1.82) is 0 Å². The quantitative estimate of drug-likeness (QED) is 0.493. The molecule has 3 aromatic rings. The molecule has 0 saturated heterocycles. The van der Waals surface area contributed by atoms with Crippen LogP contribution < -0.4 is 15.4 Å². The summed E-state index contributed by atoms with van der Waals surface area (Å²) in [6.07, 6.45) is 3.29. The molecule has 0 unspecified atom stereocenters. The van der Waals surface area contributed by atoms with Crippen LogP contribution in [0.3, 0.4) is 0 Å². The molecule has 1 aromatic carbocycles. The van der Waals surface area contributed by atoms with E-state index in [1.807, 2.05) is 6.07 Å². The zero-order valence-corrected chi connectivity index (χ0v) is 15.2. The Labute approximate surface area is 160 Å². The predicted octanol–water partition coefficient (Wildman–Crippen LogP) is 2.28. The Morgan fingerprint density at radius 2 is 1.61 bits per heavy atom. The number of nitrogens with zero attached hydrogens (tertiary/aromatic N) is 3. The number of hydrogen-bond acceptors (Lipinski definition) is 7. The average Bonchev–Trinajstić information content (AvgIpc) is 2.67. The van der Waals surface area contributed by atoms with Crippen molar-refractivity contribution in [3.05, 3.63) is 66.5 Å². The molecule has 0 fully saturated rings. The van der Waals surface area contributed by atoms with Crippen LogP contribution in [0.15, 0.2) is 59.8 Å². The Kier molecular flexibility index (Phi) is 6.06. The average molecular weight is 406 g/mol. The summed E-state index contributed by atoms with van der Waals surface area (Å²) in [7, 11) is -4.31. The first-order chi connectivity index (χ1) is 13.5. The highest BCUT2D eigenvalue weighted by atomic mass is 32.2. The van der Waals surface area contributed by atoms with Gasteiger partial charge in [-0.3, -0.25) is 4.98 Å². The lowest BCUT2D eigenvalue weighted by Gasteiger charge is -2.10. The lowest BCUT2D eigenvalue weighted by atomic mass is 10.3. The number of anilines is 3. The van der Waals surface area contributed by atoms with Crippen LogP contribution in [0.1, 0.15) is 0 Å². The van der Waals surface area contributed by atoms with Gasteiger partial charge in [0.2, 0.25) is 10.0 Å². The Morgan fingerprint density at radius 3 is 2.25 bits per heavy atom. The monoisotopic (exact) mass is 406 g/mol. The highest BCUT2D eigenvalue weighted by molar-refractivity contribution is 7.89. The van der Waals surface area contributed by atoms with Gasteiger partial charge < -0.3 is 10.6 Å². The first-order valence-electron chi connectivity index (χ1n) is 8.14. The van der Waals surface area contributed by atoms with Crippen LogP contribution in [0.5, 0.6) is 0 Å². The van der Waals surface area contributed by atoms with Crippen LogP contribution in [0.4, 0.5) is 26.1 Å². The maximum absolute atomic E-state index is 13.6. The minimum absolute atomic E-state index is 0.104. The smallest absolute Gasteiger partial charge is 0.246 e. The Bertz CT molecular complexity index is 1010. The van der Waals surface area contributed by atoms with E-state index < -0.39 is 26.6 Å².